The van der Waals surface area contributed by atoms with Crippen molar-refractivity contribution < 1.29 is 19.1 Å². The standard InChI is InChI=1S/C24H22N2O4S2/c1-2-30-22(27)16-32-20-10-6-9-19(14-20)25-24(29)21(13-17-11-12-31-15-17)26-23(28)18-7-4-3-5-8-18/h3-15H,2,16H2,1H3,(H,25,29)(H,26,28)/b21-13+. The van der Waals surface area contributed by atoms with Gasteiger partial charge in [-0.05, 0) is 65.7 Å². The van der Waals surface area contributed by atoms with E-state index in [2.05, 4.69) is 10.6 Å². The van der Waals surface area contributed by atoms with Crippen molar-refractivity contribution in [3.05, 3.63) is 88.2 Å². The molecule has 0 fully saturated rings. The number of hydrogen-bond donors (Lipinski definition) is 2. The highest BCUT2D eigenvalue weighted by Crippen LogP contribution is 2.22. The second-order valence-corrected chi connectivity index (χ2v) is 8.34. The highest BCUT2D eigenvalue weighted by molar-refractivity contribution is 8.00. The van der Waals surface area contributed by atoms with Crippen molar-refractivity contribution >= 4 is 52.6 Å². The largest absolute Gasteiger partial charge is 0.465 e. The first-order valence-corrected chi connectivity index (χ1v) is 11.8. The molecule has 0 saturated carbocycles. The summed E-state index contributed by atoms with van der Waals surface area (Å²) in [6.45, 7) is 2.10. The van der Waals surface area contributed by atoms with Crippen molar-refractivity contribution in [2.75, 3.05) is 17.7 Å². The van der Waals surface area contributed by atoms with E-state index < -0.39 is 5.91 Å². The fourth-order valence-corrected chi connectivity index (χ4v) is 4.04. The van der Waals surface area contributed by atoms with E-state index in [4.69, 9.17) is 4.74 Å². The third-order valence-corrected chi connectivity index (χ3v) is 5.81. The lowest BCUT2D eigenvalue weighted by molar-refractivity contribution is -0.139. The van der Waals surface area contributed by atoms with Gasteiger partial charge >= 0.3 is 5.97 Å². The average Bonchev–Trinajstić information content (AvgIpc) is 3.31. The van der Waals surface area contributed by atoms with Crippen LogP contribution in [-0.2, 0) is 14.3 Å². The number of nitrogens with one attached hydrogen (secondary N) is 2. The molecule has 3 aromatic rings. The van der Waals surface area contributed by atoms with Gasteiger partial charge in [0.1, 0.15) is 5.70 Å². The van der Waals surface area contributed by atoms with E-state index >= 15 is 0 Å². The molecule has 0 aliphatic carbocycles. The van der Waals surface area contributed by atoms with Crippen LogP contribution in [0.1, 0.15) is 22.8 Å². The van der Waals surface area contributed by atoms with Gasteiger partial charge in [0, 0.05) is 16.1 Å². The Bertz CT molecular complexity index is 1100. The first-order valence-electron chi connectivity index (χ1n) is 9.85. The molecule has 0 bridgehead atoms. The van der Waals surface area contributed by atoms with Crippen LogP contribution < -0.4 is 10.6 Å². The van der Waals surface area contributed by atoms with E-state index in [9.17, 15) is 14.4 Å². The molecular weight excluding hydrogens is 444 g/mol. The molecule has 1 aromatic heterocycles. The molecule has 0 unspecified atom stereocenters. The van der Waals surface area contributed by atoms with Gasteiger partial charge in [-0.1, -0.05) is 24.3 Å². The molecule has 3 rings (SSSR count). The van der Waals surface area contributed by atoms with Crippen molar-refractivity contribution in [1.29, 1.82) is 0 Å². The van der Waals surface area contributed by atoms with Gasteiger partial charge < -0.3 is 15.4 Å². The Morgan fingerprint density at radius 3 is 2.59 bits per heavy atom. The lowest BCUT2D eigenvalue weighted by atomic mass is 10.2. The number of benzene rings is 2. The Labute approximate surface area is 194 Å². The summed E-state index contributed by atoms with van der Waals surface area (Å²) in [6, 6.07) is 17.7. The van der Waals surface area contributed by atoms with Gasteiger partial charge in [-0.3, -0.25) is 14.4 Å². The number of anilines is 1. The van der Waals surface area contributed by atoms with E-state index in [1.54, 1.807) is 55.5 Å². The number of ether oxygens (including phenoxy) is 1. The zero-order valence-corrected chi connectivity index (χ0v) is 19.0. The monoisotopic (exact) mass is 466 g/mol. The highest BCUT2D eigenvalue weighted by Gasteiger charge is 2.15. The minimum absolute atomic E-state index is 0.127. The molecule has 6 nitrogen and oxygen atoms in total. The van der Waals surface area contributed by atoms with Crippen LogP contribution in [0.5, 0.6) is 0 Å². The Hall–Kier alpha value is -3.36. The van der Waals surface area contributed by atoms with Gasteiger partial charge in [0.25, 0.3) is 11.8 Å². The zero-order valence-electron chi connectivity index (χ0n) is 17.4. The Morgan fingerprint density at radius 2 is 1.88 bits per heavy atom. The van der Waals surface area contributed by atoms with Crippen LogP contribution >= 0.6 is 23.1 Å². The number of carbonyl (C=O) groups excluding carboxylic acids is 3. The summed E-state index contributed by atoms with van der Waals surface area (Å²) in [4.78, 5) is 38.0. The van der Waals surface area contributed by atoms with Gasteiger partial charge in [0.2, 0.25) is 0 Å². The predicted molar refractivity (Wildman–Crippen MR) is 129 cm³/mol. The lowest BCUT2D eigenvalue weighted by Crippen LogP contribution is -2.30. The average molecular weight is 467 g/mol. The van der Waals surface area contributed by atoms with Crippen LogP contribution in [0.2, 0.25) is 0 Å². The van der Waals surface area contributed by atoms with Crippen LogP contribution in [0.25, 0.3) is 6.08 Å². The van der Waals surface area contributed by atoms with Crippen LogP contribution in [-0.4, -0.2) is 30.1 Å². The Kier molecular flexibility index (Phi) is 8.65. The summed E-state index contributed by atoms with van der Waals surface area (Å²) in [7, 11) is 0. The molecule has 0 aliphatic rings. The van der Waals surface area contributed by atoms with E-state index in [1.807, 2.05) is 29.0 Å². The van der Waals surface area contributed by atoms with Crippen LogP contribution in [0.15, 0.2) is 82.0 Å². The number of rotatable bonds is 9. The maximum absolute atomic E-state index is 13.0. The number of hydrogen-bond acceptors (Lipinski definition) is 6. The van der Waals surface area contributed by atoms with Crippen LogP contribution in [0.3, 0.4) is 0 Å². The third-order valence-electron chi connectivity index (χ3n) is 4.14. The quantitative estimate of drug-likeness (QED) is 0.269. The van der Waals surface area contributed by atoms with E-state index in [1.165, 1.54) is 23.1 Å². The first kappa shape index (κ1) is 23.3. The fourth-order valence-electron chi connectivity index (χ4n) is 2.67. The van der Waals surface area contributed by atoms with Crippen molar-refractivity contribution in [2.45, 2.75) is 11.8 Å². The van der Waals surface area contributed by atoms with Crippen molar-refractivity contribution in [2.24, 2.45) is 0 Å². The number of esters is 1. The summed E-state index contributed by atoms with van der Waals surface area (Å²) < 4.78 is 4.94. The summed E-state index contributed by atoms with van der Waals surface area (Å²) in [5.41, 5.74) is 1.94. The number of amides is 2. The second kappa shape index (κ2) is 11.9. The summed E-state index contributed by atoms with van der Waals surface area (Å²) in [5.74, 6) is -0.938. The fraction of sp³-hybridized carbons (Fsp3) is 0.125. The maximum atomic E-state index is 13.0. The lowest BCUT2D eigenvalue weighted by Gasteiger charge is -2.12. The maximum Gasteiger partial charge on any atom is 0.316 e. The van der Waals surface area contributed by atoms with Crippen molar-refractivity contribution in [1.82, 2.24) is 5.32 Å². The molecule has 32 heavy (non-hydrogen) atoms. The summed E-state index contributed by atoms with van der Waals surface area (Å²) in [5, 5.41) is 9.30. The van der Waals surface area contributed by atoms with Crippen molar-refractivity contribution in [3.8, 4) is 0 Å². The SMILES string of the molecule is CCOC(=O)CSc1cccc(NC(=O)/C(=C\c2ccsc2)NC(=O)c2ccccc2)c1. The Morgan fingerprint density at radius 1 is 1.06 bits per heavy atom. The number of thiophene rings is 1. The highest BCUT2D eigenvalue weighted by atomic mass is 32.2. The molecule has 0 radical (unpaired) electrons. The van der Waals surface area contributed by atoms with Gasteiger partial charge in [-0.25, -0.2) is 0 Å². The smallest absolute Gasteiger partial charge is 0.316 e. The Balaban J connectivity index is 1.73. The molecule has 0 saturated heterocycles. The van der Waals surface area contributed by atoms with E-state index in [-0.39, 0.29) is 23.3 Å². The summed E-state index contributed by atoms with van der Waals surface area (Å²) >= 11 is 2.82. The van der Waals surface area contributed by atoms with E-state index in [0.29, 0.717) is 17.9 Å². The molecule has 0 spiro atoms. The zero-order chi connectivity index (χ0) is 22.8. The number of thioether (sulfide) groups is 1. The van der Waals surface area contributed by atoms with E-state index in [0.717, 1.165) is 10.5 Å². The molecule has 8 heteroatoms. The molecule has 0 aliphatic heterocycles. The molecular formula is C24H22N2O4S2. The van der Waals surface area contributed by atoms with Gasteiger partial charge in [-0.15, -0.1) is 11.8 Å². The molecule has 2 aromatic carbocycles. The van der Waals surface area contributed by atoms with Crippen LogP contribution in [0.4, 0.5) is 5.69 Å². The minimum Gasteiger partial charge on any atom is -0.465 e. The second-order valence-electron chi connectivity index (χ2n) is 6.51. The molecule has 1 heterocycles. The van der Waals surface area contributed by atoms with Gasteiger partial charge in [-0.2, -0.15) is 11.3 Å². The van der Waals surface area contributed by atoms with Gasteiger partial charge in [0.05, 0.1) is 12.4 Å². The first-order chi connectivity index (χ1) is 15.5. The molecule has 164 valence electrons. The molecule has 2 N–H and O–H groups in total. The minimum atomic E-state index is -0.451. The molecule has 0 atom stereocenters. The topological polar surface area (TPSA) is 84.5 Å². The molecule has 2 amide bonds. The van der Waals surface area contributed by atoms with Crippen LogP contribution in [0, 0.1) is 0 Å². The summed E-state index contributed by atoms with van der Waals surface area (Å²) in [6.07, 6.45) is 1.63. The van der Waals surface area contributed by atoms with Crippen molar-refractivity contribution in [3.63, 3.8) is 0 Å². The third kappa shape index (κ3) is 7.11. The van der Waals surface area contributed by atoms with Gasteiger partial charge in [0.15, 0.2) is 0 Å². The number of carbonyl (C=O) groups is 3. The normalized spacial score (nSPS) is 11.0. The predicted octanol–water partition coefficient (Wildman–Crippen LogP) is 4.81.